The Morgan fingerprint density at radius 2 is 2.00 bits per heavy atom. The Kier molecular flexibility index (Phi) is 5.29. The minimum Gasteiger partial charge on any atom is -0.481 e. The lowest BCUT2D eigenvalue weighted by Gasteiger charge is -2.12. The van der Waals surface area contributed by atoms with E-state index >= 15 is 0 Å². The van der Waals surface area contributed by atoms with E-state index in [1.54, 1.807) is 0 Å². The summed E-state index contributed by atoms with van der Waals surface area (Å²) < 4.78 is 25.7. The lowest BCUT2D eigenvalue weighted by atomic mass is 10.2. The second-order valence-electron chi connectivity index (χ2n) is 3.50. The highest BCUT2D eigenvalue weighted by atomic mass is 35.5. The zero-order chi connectivity index (χ0) is 14.6. The van der Waals surface area contributed by atoms with Crippen LogP contribution in [0.1, 0.15) is 12.8 Å². The SMILES string of the molecule is O=C(O)CC[C@H](NS(=O)(=O)c1ccc(Cl)s1)C(=O)O. The maximum atomic E-state index is 11.8. The van der Waals surface area contributed by atoms with Gasteiger partial charge in [0.05, 0.1) is 4.34 Å². The topological polar surface area (TPSA) is 121 Å². The third-order valence-corrected chi connectivity index (χ3v) is 5.25. The molecule has 7 nitrogen and oxygen atoms in total. The molecule has 3 N–H and O–H groups in total. The van der Waals surface area contributed by atoms with Gasteiger partial charge in [-0.05, 0) is 18.6 Å². The van der Waals surface area contributed by atoms with E-state index in [-0.39, 0.29) is 15.0 Å². The average molecular weight is 328 g/mol. The van der Waals surface area contributed by atoms with Crippen LogP contribution in [0.15, 0.2) is 16.3 Å². The van der Waals surface area contributed by atoms with Gasteiger partial charge in [0.1, 0.15) is 10.3 Å². The van der Waals surface area contributed by atoms with Crippen molar-refractivity contribution >= 4 is 44.9 Å². The second kappa shape index (κ2) is 6.33. The predicted molar refractivity (Wildman–Crippen MR) is 67.9 cm³/mol. The molecular formula is C9H10ClNO6S2. The summed E-state index contributed by atoms with van der Waals surface area (Å²) in [4.78, 5) is 21.3. The Morgan fingerprint density at radius 1 is 1.37 bits per heavy atom. The smallest absolute Gasteiger partial charge is 0.321 e. The molecule has 1 atom stereocenters. The Balaban J connectivity index is 2.84. The number of carboxylic acid groups (broad SMARTS) is 2. The molecule has 0 radical (unpaired) electrons. The molecule has 0 spiro atoms. The van der Waals surface area contributed by atoms with Crippen molar-refractivity contribution in [2.75, 3.05) is 0 Å². The van der Waals surface area contributed by atoms with Crippen molar-refractivity contribution < 1.29 is 28.2 Å². The van der Waals surface area contributed by atoms with Crippen molar-refractivity contribution in [1.29, 1.82) is 0 Å². The van der Waals surface area contributed by atoms with E-state index < -0.39 is 34.4 Å². The zero-order valence-corrected chi connectivity index (χ0v) is 11.8. The number of hydrogen-bond acceptors (Lipinski definition) is 5. The summed E-state index contributed by atoms with van der Waals surface area (Å²) in [6, 6.07) is 1.11. The van der Waals surface area contributed by atoms with Crippen molar-refractivity contribution in [3.8, 4) is 0 Å². The summed E-state index contributed by atoms with van der Waals surface area (Å²) in [5.74, 6) is -2.64. The Morgan fingerprint density at radius 3 is 2.42 bits per heavy atom. The second-order valence-corrected chi connectivity index (χ2v) is 7.16. The van der Waals surface area contributed by atoms with E-state index in [9.17, 15) is 18.0 Å². The summed E-state index contributed by atoms with van der Waals surface area (Å²) in [5.41, 5.74) is 0. The van der Waals surface area contributed by atoms with Crippen molar-refractivity contribution in [3.05, 3.63) is 16.5 Å². The van der Waals surface area contributed by atoms with Gasteiger partial charge >= 0.3 is 11.9 Å². The van der Waals surface area contributed by atoms with Gasteiger partial charge in [0.25, 0.3) is 10.0 Å². The maximum absolute atomic E-state index is 11.8. The molecule has 0 bridgehead atoms. The summed E-state index contributed by atoms with van der Waals surface area (Å²) in [5, 5.41) is 17.3. The average Bonchev–Trinajstić information content (AvgIpc) is 2.71. The van der Waals surface area contributed by atoms with Gasteiger partial charge in [-0.2, -0.15) is 4.72 Å². The number of sulfonamides is 1. The zero-order valence-electron chi connectivity index (χ0n) is 9.37. The Hall–Kier alpha value is -1.16. The maximum Gasteiger partial charge on any atom is 0.321 e. The number of aliphatic carboxylic acids is 2. The summed E-state index contributed by atoms with van der Waals surface area (Å²) in [7, 11) is -4.02. The van der Waals surface area contributed by atoms with Crippen molar-refractivity contribution in [2.24, 2.45) is 0 Å². The number of carbonyl (C=O) groups is 2. The van der Waals surface area contributed by atoms with Crippen LogP contribution in [-0.2, 0) is 19.6 Å². The lowest BCUT2D eigenvalue weighted by Crippen LogP contribution is -2.40. The first-order valence-corrected chi connectivity index (χ1v) is 7.62. The fraction of sp³-hybridized carbons (Fsp3) is 0.333. The molecule has 0 aliphatic heterocycles. The molecule has 1 rings (SSSR count). The number of thiophene rings is 1. The molecule has 0 fully saturated rings. The number of carboxylic acids is 2. The quantitative estimate of drug-likeness (QED) is 0.687. The molecule has 0 aliphatic rings. The van der Waals surface area contributed by atoms with Gasteiger partial charge in [0.15, 0.2) is 0 Å². The third-order valence-electron chi connectivity index (χ3n) is 2.06. The van der Waals surface area contributed by atoms with Gasteiger partial charge in [0.2, 0.25) is 0 Å². The van der Waals surface area contributed by atoms with E-state index in [0.717, 1.165) is 11.3 Å². The molecule has 19 heavy (non-hydrogen) atoms. The fourth-order valence-electron chi connectivity index (χ4n) is 1.19. The minimum absolute atomic E-state index is 0.126. The van der Waals surface area contributed by atoms with Crippen LogP contribution < -0.4 is 4.72 Å². The molecule has 0 unspecified atom stereocenters. The minimum atomic E-state index is -4.02. The largest absolute Gasteiger partial charge is 0.481 e. The molecule has 1 heterocycles. The third kappa shape index (κ3) is 4.78. The molecule has 106 valence electrons. The normalized spacial score (nSPS) is 13.1. The van der Waals surface area contributed by atoms with Gasteiger partial charge in [0, 0.05) is 6.42 Å². The van der Waals surface area contributed by atoms with Crippen molar-refractivity contribution in [1.82, 2.24) is 4.72 Å². The van der Waals surface area contributed by atoms with Crippen LogP contribution in [0.5, 0.6) is 0 Å². The van der Waals surface area contributed by atoms with Crippen LogP contribution in [0.4, 0.5) is 0 Å². The van der Waals surface area contributed by atoms with E-state index in [0.29, 0.717) is 0 Å². The highest BCUT2D eigenvalue weighted by Crippen LogP contribution is 2.25. The highest BCUT2D eigenvalue weighted by molar-refractivity contribution is 7.91. The Labute approximate surface area is 117 Å². The fourth-order valence-corrected chi connectivity index (χ4v) is 3.91. The molecule has 0 aliphatic carbocycles. The van der Waals surface area contributed by atoms with Crippen molar-refractivity contribution in [3.63, 3.8) is 0 Å². The number of halogens is 1. The molecule has 0 saturated carbocycles. The van der Waals surface area contributed by atoms with Crippen molar-refractivity contribution in [2.45, 2.75) is 23.1 Å². The number of nitrogens with one attached hydrogen (secondary N) is 1. The molecule has 0 amide bonds. The molecule has 1 aromatic rings. The van der Waals surface area contributed by atoms with Gasteiger partial charge < -0.3 is 10.2 Å². The summed E-state index contributed by atoms with van der Waals surface area (Å²) in [6.45, 7) is 0. The molecule has 0 saturated heterocycles. The highest BCUT2D eigenvalue weighted by Gasteiger charge is 2.26. The van der Waals surface area contributed by atoms with Crippen LogP contribution in [-0.4, -0.2) is 36.6 Å². The molecule has 1 aromatic heterocycles. The molecule has 0 aromatic carbocycles. The van der Waals surface area contributed by atoms with Crippen LogP contribution in [0, 0.1) is 0 Å². The van der Waals surface area contributed by atoms with Crippen LogP contribution in [0.25, 0.3) is 0 Å². The first kappa shape index (κ1) is 15.9. The molecular weight excluding hydrogens is 318 g/mol. The standard InChI is InChI=1S/C9H10ClNO6S2/c10-6-2-4-8(18-6)19(16,17)11-5(9(14)15)1-3-7(12)13/h2,4-5,11H,1,3H2,(H,12,13)(H,14,15)/t5-/m0/s1. The Bertz CT molecular complexity index is 581. The van der Waals surface area contributed by atoms with Gasteiger partial charge in [-0.3, -0.25) is 9.59 Å². The number of hydrogen-bond donors (Lipinski definition) is 3. The van der Waals surface area contributed by atoms with Gasteiger partial charge in [-0.15, -0.1) is 11.3 Å². The van der Waals surface area contributed by atoms with Crippen LogP contribution >= 0.6 is 22.9 Å². The first-order valence-electron chi connectivity index (χ1n) is 4.94. The predicted octanol–water partition coefficient (Wildman–Crippen LogP) is 0.998. The van der Waals surface area contributed by atoms with Gasteiger partial charge in [-0.25, -0.2) is 8.42 Å². The van der Waals surface area contributed by atoms with E-state index in [4.69, 9.17) is 21.8 Å². The van der Waals surface area contributed by atoms with Crippen LogP contribution in [0.3, 0.4) is 0 Å². The number of rotatable bonds is 7. The van der Waals surface area contributed by atoms with Gasteiger partial charge in [-0.1, -0.05) is 11.6 Å². The van der Waals surface area contributed by atoms with Crippen LogP contribution in [0.2, 0.25) is 4.34 Å². The lowest BCUT2D eigenvalue weighted by molar-refractivity contribution is -0.140. The first-order chi connectivity index (χ1) is 8.72. The molecule has 10 heteroatoms. The summed E-state index contributed by atoms with van der Waals surface area (Å²) in [6.07, 6.45) is -0.798. The summed E-state index contributed by atoms with van der Waals surface area (Å²) >= 11 is 6.38. The monoisotopic (exact) mass is 327 g/mol. The van der Waals surface area contributed by atoms with E-state index in [2.05, 4.69) is 0 Å². The van der Waals surface area contributed by atoms with E-state index in [1.807, 2.05) is 4.72 Å². The van der Waals surface area contributed by atoms with E-state index in [1.165, 1.54) is 12.1 Å².